The first-order valence-corrected chi connectivity index (χ1v) is 7.56. The van der Waals surface area contributed by atoms with Crippen LogP contribution in [0.1, 0.15) is 25.7 Å². The Morgan fingerprint density at radius 1 is 1.55 bits per heavy atom. The molecule has 3 rings (SSSR count). The standard InChI is InChI=1S/C12H16N4O3S/c17-7-8-3-1-2-4-9(8)13-10-11(16(18)19)15-5-6-20-12(15)14-10/h5-6,8-9,13,17H,1-4,7H2. The molecule has 2 heterocycles. The molecular formula is C12H16N4O3S. The van der Waals surface area contributed by atoms with E-state index < -0.39 is 4.92 Å². The predicted molar refractivity (Wildman–Crippen MR) is 76.2 cm³/mol. The SMILES string of the molecule is O=[N+]([O-])c1c(NC2CCCCC2CO)nc2sccn12. The zero-order chi connectivity index (χ0) is 14.1. The Morgan fingerprint density at radius 3 is 3.10 bits per heavy atom. The first-order chi connectivity index (χ1) is 9.70. The van der Waals surface area contributed by atoms with Crippen molar-refractivity contribution >= 4 is 27.9 Å². The summed E-state index contributed by atoms with van der Waals surface area (Å²) in [7, 11) is 0. The van der Waals surface area contributed by atoms with Gasteiger partial charge in [0.1, 0.15) is 6.20 Å². The highest BCUT2D eigenvalue weighted by Crippen LogP contribution is 2.32. The quantitative estimate of drug-likeness (QED) is 0.667. The molecule has 0 aliphatic heterocycles. The number of hydrogen-bond acceptors (Lipinski definition) is 6. The van der Waals surface area contributed by atoms with E-state index in [0.29, 0.717) is 10.8 Å². The van der Waals surface area contributed by atoms with E-state index in [1.54, 1.807) is 11.6 Å². The van der Waals surface area contributed by atoms with Gasteiger partial charge < -0.3 is 20.5 Å². The molecule has 20 heavy (non-hydrogen) atoms. The first kappa shape index (κ1) is 13.3. The highest BCUT2D eigenvalue weighted by molar-refractivity contribution is 7.15. The van der Waals surface area contributed by atoms with E-state index in [4.69, 9.17) is 0 Å². The van der Waals surface area contributed by atoms with Crippen LogP contribution >= 0.6 is 11.3 Å². The van der Waals surface area contributed by atoms with Gasteiger partial charge in [0.05, 0.1) is 0 Å². The number of nitrogens with one attached hydrogen (secondary N) is 1. The lowest BCUT2D eigenvalue weighted by Crippen LogP contribution is -2.34. The molecule has 0 radical (unpaired) electrons. The number of nitrogens with zero attached hydrogens (tertiary/aromatic N) is 3. The molecule has 2 atom stereocenters. The normalized spacial score (nSPS) is 23.1. The van der Waals surface area contributed by atoms with Crippen LogP contribution in [-0.4, -0.2) is 32.1 Å². The maximum atomic E-state index is 11.2. The second-order valence-corrected chi connectivity index (χ2v) is 5.95. The van der Waals surface area contributed by atoms with Crippen LogP contribution in [0.2, 0.25) is 0 Å². The maximum absolute atomic E-state index is 11.2. The lowest BCUT2D eigenvalue weighted by molar-refractivity contribution is -0.389. The summed E-state index contributed by atoms with van der Waals surface area (Å²) < 4.78 is 1.49. The average molecular weight is 296 g/mol. The zero-order valence-corrected chi connectivity index (χ0v) is 11.7. The molecule has 8 heteroatoms. The van der Waals surface area contributed by atoms with Gasteiger partial charge in [0.25, 0.3) is 4.96 Å². The van der Waals surface area contributed by atoms with Gasteiger partial charge in [-0.05, 0) is 17.8 Å². The maximum Gasteiger partial charge on any atom is 0.372 e. The van der Waals surface area contributed by atoms with E-state index in [1.165, 1.54) is 15.7 Å². The molecule has 2 aromatic heterocycles. The number of imidazole rings is 1. The lowest BCUT2D eigenvalue weighted by Gasteiger charge is -2.30. The number of rotatable bonds is 4. The highest BCUT2D eigenvalue weighted by atomic mass is 32.1. The molecule has 108 valence electrons. The molecule has 1 fully saturated rings. The van der Waals surface area contributed by atoms with Gasteiger partial charge in [-0.25, -0.2) is 0 Å². The summed E-state index contributed by atoms with van der Waals surface area (Å²) in [6.45, 7) is 0.105. The van der Waals surface area contributed by atoms with Crippen molar-refractivity contribution < 1.29 is 10.0 Å². The van der Waals surface area contributed by atoms with Crippen LogP contribution in [0, 0.1) is 16.0 Å². The fourth-order valence-electron chi connectivity index (χ4n) is 2.84. The Bertz CT molecular complexity index is 623. The largest absolute Gasteiger partial charge is 0.396 e. The Kier molecular flexibility index (Phi) is 3.58. The smallest absolute Gasteiger partial charge is 0.372 e. The third kappa shape index (κ3) is 2.25. The number of aliphatic hydroxyl groups is 1. The zero-order valence-electron chi connectivity index (χ0n) is 10.9. The molecule has 1 aliphatic carbocycles. The van der Waals surface area contributed by atoms with Crippen molar-refractivity contribution in [1.82, 2.24) is 9.38 Å². The second kappa shape index (κ2) is 5.37. The van der Waals surface area contributed by atoms with Crippen LogP contribution in [0.4, 0.5) is 11.6 Å². The van der Waals surface area contributed by atoms with E-state index in [-0.39, 0.29) is 24.4 Å². The van der Waals surface area contributed by atoms with Crippen molar-refractivity contribution in [3.8, 4) is 0 Å². The molecule has 0 amide bonds. The highest BCUT2D eigenvalue weighted by Gasteiger charge is 2.30. The predicted octanol–water partition coefficient (Wildman–Crippen LogP) is 2.27. The van der Waals surface area contributed by atoms with Gasteiger partial charge in [-0.15, -0.1) is 0 Å². The molecule has 0 spiro atoms. The summed E-state index contributed by atoms with van der Waals surface area (Å²) in [6.07, 6.45) is 5.69. The third-order valence-corrected chi connectivity index (χ3v) is 4.63. The van der Waals surface area contributed by atoms with E-state index in [2.05, 4.69) is 10.3 Å². The average Bonchev–Trinajstić information content (AvgIpc) is 2.99. The summed E-state index contributed by atoms with van der Waals surface area (Å²) in [5.74, 6) is 0.429. The third-order valence-electron chi connectivity index (χ3n) is 3.88. The summed E-state index contributed by atoms with van der Waals surface area (Å²) >= 11 is 1.37. The van der Waals surface area contributed by atoms with Crippen molar-refractivity contribution in [2.75, 3.05) is 11.9 Å². The molecule has 7 nitrogen and oxygen atoms in total. The number of hydrogen-bond donors (Lipinski definition) is 2. The molecule has 0 bridgehead atoms. The minimum Gasteiger partial charge on any atom is -0.396 e. The van der Waals surface area contributed by atoms with Crippen LogP contribution in [0.3, 0.4) is 0 Å². The van der Waals surface area contributed by atoms with Gasteiger partial charge in [-0.3, -0.25) is 0 Å². The van der Waals surface area contributed by atoms with Crippen LogP contribution in [-0.2, 0) is 0 Å². The van der Waals surface area contributed by atoms with Gasteiger partial charge in [0.15, 0.2) is 0 Å². The van der Waals surface area contributed by atoms with E-state index in [1.807, 2.05) is 0 Å². The Labute approximate surface area is 119 Å². The topological polar surface area (TPSA) is 92.7 Å². The number of aromatic nitrogens is 2. The van der Waals surface area contributed by atoms with E-state index >= 15 is 0 Å². The van der Waals surface area contributed by atoms with Crippen molar-refractivity contribution in [2.45, 2.75) is 31.7 Å². The molecular weight excluding hydrogens is 280 g/mol. The van der Waals surface area contributed by atoms with E-state index in [9.17, 15) is 15.2 Å². The molecule has 2 N–H and O–H groups in total. The summed E-state index contributed by atoms with van der Waals surface area (Å²) in [5, 5.41) is 25.6. The van der Waals surface area contributed by atoms with Crippen molar-refractivity contribution in [1.29, 1.82) is 0 Å². The number of anilines is 1. The Hall–Kier alpha value is -1.67. The minimum atomic E-state index is -0.411. The van der Waals surface area contributed by atoms with Crippen LogP contribution < -0.4 is 5.32 Å². The molecule has 0 saturated heterocycles. The van der Waals surface area contributed by atoms with Crippen molar-refractivity contribution in [3.05, 3.63) is 21.7 Å². The summed E-state index contributed by atoms with van der Waals surface area (Å²) in [6, 6.07) is 0.0528. The summed E-state index contributed by atoms with van der Waals surface area (Å²) in [5.41, 5.74) is 0. The fraction of sp³-hybridized carbons (Fsp3) is 0.583. The number of aliphatic hydroxyl groups excluding tert-OH is 1. The van der Waals surface area contributed by atoms with Gasteiger partial charge in [-0.1, -0.05) is 24.2 Å². The molecule has 0 aromatic carbocycles. The number of thiazole rings is 1. The molecule has 2 unspecified atom stereocenters. The van der Waals surface area contributed by atoms with Gasteiger partial charge >= 0.3 is 5.82 Å². The molecule has 2 aromatic rings. The van der Waals surface area contributed by atoms with Crippen molar-refractivity contribution in [2.24, 2.45) is 5.92 Å². The van der Waals surface area contributed by atoms with E-state index in [0.717, 1.165) is 25.7 Å². The number of nitro groups is 1. The number of fused-ring (bicyclic) bond motifs is 1. The van der Waals surface area contributed by atoms with Gasteiger partial charge in [0.2, 0.25) is 5.82 Å². The minimum absolute atomic E-state index is 0.0245. The Balaban J connectivity index is 1.91. The lowest BCUT2D eigenvalue weighted by atomic mass is 9.85. The van der Waals surface area contributed by atoms with Crippen LogP contribution in [0.15, 0.2) is 11.6 Å². The summed E-state index contributed by atoms with van der Waals surface area (Å²) in [4.78, 5) is 15.7. The molecule has 1 saturated carbocycles. The second-order valence-electron chi connectivity index (χ2n) is 5.07. The first-order valence-electron chi connectivity index (χ1n) is 6.68. The van der Waals surface area contributed by atoms with Crippen LogP contribution in [0.5, 0.6) is 0 Å². The Morgan fingerprint density at radius 2 is 2.35 bits per heavy atom. The fourth-order valence-corrected chi connectivity index (χ4v) is 3.55. The van der Waals surface area contributed by atoms with Crippen molar-refractivity contribution in [3.63, 3.8) is 0 Å². The molecule has 1 aliphatic rings. The van der Waals surface area contributed by atoms with Gasteiger partial charge in [0, 0.05) is 23.9 Å². The van der Waals surface area contributed by atoms with Gasteiger partial charge in [-0.2, -0.15) is 9.38 Å². The monoisotopic (exact) mass is 296 g/mol. The van der Waals surface area contributed by atoms with Crippen LogP contribution in [0.25, 0.3) is 4.96 Å².